The molecular weight excluding hydrogens is 311 g/mol. The van der Waals surface area contributed by atoms with Gasteiger partial charge in [0.15, 0.2) is 0 Å². The monoisotopic (exact) mass is 328 g/mol. The van der Waals surface area contributed by atoms with E-state index in [1.54, 1.807) is 30.5 Å². The van der Waals surface area contributed by atoms with Crippen LogP contribution in [0.4, 0.5) is 10.3 Å². The van der Waals surface area contributed by atoms with Crippen LogP contribution in [0, 0.1) is 5.82 Å². The Labute approximate surface area is 138 Å². The number of nitrogen functional groups attached to an aromatic ring is 1. The number of aromatic nitrogens is 3. The number of nitrogens with two attached hydrogens (primary N) is 1. The summed E-state index contributed by atoms with van der Waals surface area (Å²) in [6, 6.07) is 8.39. The Morgan fingerprint density at radius 3 is 2.48 bits per heavy atom. The zero-order valence-corrected chi connectivity index (χ0v) is 14.0. The van der Waals surface area contributed by atoms with Crippen molar-refractivity contribution in [3.63, 3.8) is 0 Å². The molecule has 2 heterocycles. The molecule has 4 nitrogen and oxygen atoms in total. The molecule has 0 spiro atoms. The van der Waals surface area contributed by atoms with Crippen LogP contribution >= 0.6 is 11.3 Å². The second-order valence-electron chi connectivity index (χ2n) is 6.23. The number of anilines is 1. The average Bonchev–Trinajstić information content (AvgIpc) is 2.93. The minimum absolute atomic E-state index is 0.137. The van der Waals surface area contributed by atoms with E-state index in [-0.39, 0.29) is 17.2 Å². The molecule has 0 saturated heterocycles. The van der Waals surface area contributed by atoms with E-state index in [0.717, 1.165) is 9.88 Å². The van der Waals surface area contributed by atoms with Gasteiger partial charge in [0.1, 0.15) is 5.82 Å². The number of halogens is 1. The van der Waals surface area contributed by atoms with Gasteiger partial charge in [-0.3, -0.25) is 0 Å². The summed E-state index contributed by atoms with van der Waals surface area (Å²) in [5.74, 6) is -0.116. The lowest BCUT2D eigenvalue weighted by molar-refractivity contribution is 0.585. The molecule has 1 aromatic carbocycles. The van der Waals surface area contributed by atoms with Crippen LogP contribution in [0.1, 0.15) is 25.8 Å². The fraction of sp³-hybridized carbons (Fsp3) is 0.235. The van der Waals surface area contributed by atoms with Crippen molar-refractivity contribution in [1.29, 1.82) is 0 Å². The lowest BCUT2D eigenvalue weighted by Crippen LogP contribution is -2.10. The molecule has 2 aromatic heterocycles. The molecule has 23 heavy (non-hydrogen) atoms. The van der Waals surface area contributed by atoms with E-state index in [4.69, 9.17) is 10.7 Å². The van der Waals surface area contributed by atoms with Crippen LogP contribution in [0.25, 0.3) is 21.8 Å². The van der Waals surface area contributed by atoms with Crippen LogP contribution in [0.15, 0.2) is 36.5 Å². The summed E-state index contributed by atoms with van der Waals surface area (Å²) in [5, 5.41) is 0.919. The van der Waals surface area contributed by atoms with Gasteiger partial charge in [-0.05, 0) is 18.2 Å². The first-order chi connectivity index (χ1) is 10.9. The van der Waals surface area contributed by atoms with Crippen LogP contribution in [-0.2, 0) is 5.41 Å². The molecule has 0 fully saturated rings. The smallest absolute Gasteiger partial charge is 0.220 e. The topological polar surface area (TPSA) is 64.7 Å². The quantitative estimate of drug-likeness (QED) is 0.762. The van der Waals surface area contributed by atoms with E-state index in [1.165, 1.54) is 17.4 Å². The van der Waals surface area contributed by atoms with Gasteiger partial charge in [0, 0.05) is 17.2 Å². The lowest BCUT2D eigenvalue weighted by Gasteiger charge is -2.13. The summed E-state index contributed by atoms with van der Waals surface area (Å²) in [7, 11) is 0. The number of benzene rings is 1. The Kier molecular flexibility index (Phi) is 3.85. The normalized spacial score (nSPS) is 11.7. The largest absolute Gasteiger partial charge is 0.368 e. The van der Waals surface area contributed by atoms with Crippen LogP contribution in [0.2, 0.25) is 0 Å². The molecule has 0 saturated carbocycles. The van der Waals surface area contributed by atoms with Gasteiger partial charge < -0.3 is 5.73 Å². The van der Waals surface area contributed by atoms with Crippen molar-refractivity contribution in [3.8, 4) is 21.8 Å². The Hall–Kier alpha value is -2.34. The summed E-state index contributed by atoms with van der Waals surface area (Å²) in [6.07, 6.45) is 1.60. The maximum absolute atomic E-state index is 14.3. The molecule has 0 amide bonds. The Bertz CT molecular complexity index is 852. The summed E-state index contributed by atoms with van der Waals surface area (Å²) in [4.78, 5) is 13.7. The molecule has 0 atom stereocenters. The van der Waals surface area contributed by atoms with E-state index in [9.17, 15) is 4.39 Å². The minimum Gasteiger partial charge on any atom is -0.368 e. The molecule has 0 bridgehead atoms. The highest BCUT2D eigenvalue weighted by atomic mass is 32.1. The van der Waals surface area contributed by atoms with E-state index in [1.807, 2.05) is 0 Å². The van der Waals surface area contributed by atoms with E-state index < -0.39 is 0 Å². The molecule has 0 unspecified atom stereocenters. The second-order valence-corrected chi connectivity index (χ2v) is 7.23. The van der Waals surface area contributed by atoms with Crippen molar-refractivity contribution in [2.75, 3.05) is 5.73 Å². The van der Waals surface area contributed by atoms with Crippen molar-refractivity contribution in [3.05, 3.63) is 47.4 Å². The van der Waals surface area contributed by atoms with Crippen molar-refractivity contribution < 1.29 is 4.39 Å². The van der Waals surface area contributed by atoms with Crippen LogP contribution in [0.3, 0.4) is 0 Å². The second kappa shape index (κ2) is 5.70. The van der Waals surface area contributed by atoms with Gasteiger partial charge in [0.2, 0.25) is 5.95 Å². The van der Waals surface area contributed by atoms with Crippen molar-refractivity contribution in [2.45, 2.75) is 26.2 Å². The predicted molar refractivity (Wildman–Crippen MR) is 91.6 cm³/mol. The molecule has 0 aliphatic carbocycles. The molecular formula is C17H17FN4S. The van der Waals surface area contributed by atoms with Gasteiger partial charge in [-0.2, -0.15) is 0 Å². The zero-order valence-electron chi connectivity index (χ0n) is 13.2. The molecule has 0 aliphatic heterocycles. The third kappa shape index (κ3) is 3.07. The third-order valence-corrected chi connectivity index (χ3v) is 4.81. The van der Waals surface area contributed by atoms with Gasteiger partial charge in [-0.1, -0.05) is 32.9 Å². The molecule has 6 heteroatoms. The van der Waals surface area contributed by atoms with E-state index in [0.29, 0.717) is 17.0 Å². The lowest BCUT2D eigenvalue weighted by atomic mass is 9.98. The predicted octanol–water partition coefficient (Wildman–Crippen LogP) is 4.29. The maximum atomic E-state index is 14.3. The summed E-state index contributed by atoms with van der Waals surface area (Å²) in [6.45, 7) is 6.24. The SMILES string of the molecule is CC(C)(C)c1nc(-c2ccccc2F)c(-c2ccnc(N)n2)s1. The minimum atomic E-state index is -0.304. The summed E-state index contributed by atoms with van der Waals surface area (Å²) >= 11 is 1.51. The molecule has 2 N–H and O–H groups in total. The number of nitrogens with zero attached hydrogens (tertiary/aromatic N) is 3. The van der Waals surface area contributed by atoms with Crippen molar-refractivity contribution >= 4 is 17.3 Å². The van der Waals surface area contributed by atoms with Gasteiger partial charge in [-0.25, -0.2) is 19.3 Å². The molecule has 118 valence electrons. The highest BCUT2D eigenvalue weighted by Crippen LogP contribution is 2.40. The van der Waals surface area contributed by atoms with Crippen LogP contribution < -0.4 is 5.73 Å². The number of rotatable bonds is 2. The first-order valence-electron chi connectivity index (χ1n) is 7.21. The Morgan fingerprint density at radius 2 is 1.83 bits per heavy atom. The fourth-order valence-corrected chi connectivity index (χ4v) is 3.26. The highest BCUT2D eigenvalue weighted by Gasteiger charge is 2.24. The summed E-state index contributed by atoms with van der Waals surface area (Å²) < 4.78 is 14.3. The Morgan fingerprint density at radius 1 is 1.09 bits per heavy atom. The van der Waals surface area contributed by atoms with Crippen molar-refractivity contribution in [2.24, 2.45) is 0 Å². The molecule has 3 rings (SSSR count). The van der Waals surface area contributed by atoms with Crippen LogP contribution in [-0.4, -0.2) is 15.0 Å². The summed E-state index contributed by atoms with van der Waals surface area (Å²) in [5.41, 5.74) is 7.27. The average molecular weight is 328 g/mol. The van der Waals surface area contributed by atoms with Crippen LogP contribution in [0.5, 0.6) is 0 Å². The molecule has 0 radical (unpaired) electrons. The molecule has 0 aliphatic rings. The highest BCUT2D eigenvalue weighted by molar-refractivity contribution is 7.15. The number of thiazole rings is 1. The van der Waals surface area contributed by atoms with Gasteiger partial charge >= 0.3 is 0 Å². The van der Waals surface area contributed by atoms with Gasteiger partial charge in [0.05, 0.1) is 21.3 Å². The third-order valence-electron chi connectivity index (χ3n) is 3.30. The van der Waals surface area contributed by atoms with Gasteiger partial charge in [0.25, 0.3) is 0 Å². The first kappa shape index (κ1) is 15.6. The van der Waals surface area contributed by atoms with E-state index >= 15 is 0 Å². The maximum Gasteiger partial charge on any atom is 0.220 e. The standard InChI is InChI=1S/C17H17FN4S/c1-17(2,3)15-22-13(10-6-4-5-7-11(10)18)14(23-15)12-8-9-20-16(19)21-12/h4-9H,1-3H3,(H2,19,20,21). The van der Waals surface area contributed by atoms with Crippen molar-refractivity contribution in [1.82, 2.24) is 15.0 Å². The zero-order chi connectivity index (χ0) is 16.6. The van der Waals surface area contributed by atoms with E-state index in [2.05, 4.69) is 30.7 Å². The molecule has 3 aromatic rings. The number of hydrogen-bond acceptors (Lipinski definition) is 5. The first-order valence-corrected chi connectivity index (χ1v) is 8.03. The number of hydrogen-bond donors (Lipinski definition) is 1. The Balaban J connectivity index is 2.26. The van der Waals surface area contributed by atoms with Gasteiger partial charge in [-0.15, -0.1) is 11.3 Å². The fourth-order valence-electron chi connectivity index (χ4n) is 2.15.